The van der Waals surface area contributed by atoms with Crippen molar-refractivity contribution in [2.45, 2.75) is 32.7 Å². The lowest BCUT2D eigenvalue weighted by molar-refractivity contribution is -0.122. The quantitative estimate of drug-likeness (QED) is 0.768. The molecule has 0 aliphatic heterocycles. The van der Waals surface area contributed by atoms with Gasteiger partial charge in [0, 0.05) is 19.9 Å². The highest BCUT2D eigenvalue weighted by atomic mass is 16.5. The zero-order valence-corrected chi connectivity index (χ0v) is 14.4. The monoisotopic (exact) mass is 328 g/mol. The minimum atomic E-state index is -0.0726. The molecular formula is C19H24N2O3. The number of hydrogen-bond acceptors (Lipinski definition) is 3. The van der Waals surface area contributed by atoms with Gasteiger partial charge in [-0.2, -0.15) is 0 Å². The summed E-state index contributed by atoms with van der Waals surface area (Å²) in [7, 11) is 1.65. The predicted octanol–water partition coefficient (Wildman–Crippen LogP) is 2.94. The molecule has 2 N–H and O–H groups in total. The average Bonchev–Trinajstić information content (AvgIpc) is 2.57. The van der Waals surface area contributed by atoms with Crippen molar-refractivity contribution in [3.8, 4) is 5.75 Å². The first-order chi connectivity index (χ1) is 11.5. The van der Waals surface area contributed by atoms with E-state index in [-0.39, 0.29) is 17.9 Å². The second-order valence-electron chi connectivity index (χ2n) is 5.85. The molecule has 5 nitrogen and oxygen atoms in total. The first-order valence-corrected chi connectivity index (χ1v) is 8.11. The Hall–Kier alpha value is -2.56. The van der Waals surface area contributed by atoms with Crippen LogP contribution in [-0.2, 0) is 9.59 Å². The van der Waals surface area contributed by atoms with Gasteiger partial charge in [-0.3, -0.25) is 9.59 Å². The number of fused-ring (bicyclic) bond motifs is 1. The highest BCUT2D eigenvalue weighted by molar-refractivity contribution is 5.85. The molecule has 2 rings (SSSR count). The van der Waals surface area contributed by atoms with Crippen LogP contribution in [0.15, 0.2) is 36.4 Å². The summed E-state index contributed by atoms with van der Waals surface area (Å²) in [6.07, 6.45) is 1.03. The Morgan fingerprint density at radius 1 is 1.12 bits per heavy atom. The average molecular weight is 328 g/mol. The van der Waals surface area contributed by atoms with Crippen LogP contribution in [0.3, 0.4) is 0 Å². The molecule has 0 spiro atoms. The van der Waals surface area contributed by atoms with E-state index in [0.29, 0.717) is 19.4 Å². The van der Waals surface area contributed by atoms with Crippen LogP contribution in [0.1, 0.15) is 38.3 Å². The third kappa shape index (κ3) is 4.98. The fourth-order valence-corrected chi connectivity index (χ4v) is 2.55. The van der Waals surface area contributed by atoms with Gasteiger partial charge < -0.3 is 15.4 Å². The number of methoxy groups -OCH3 is 1. The van der Waals surface area contributed by atoms with Crippen LogP contribution in [0.4, 0.5) is 0 Å². The molecular weight excluding hydrogens is 304 g/mol. The molecule has 0 aliphatic rings. The van der Waals surface area contributed by atoms with Gasteiger partial charge >= 0.3 is 0 Å². The number of carbonyl (C=O) groups excluding carboxylic acids is 2. The Kier molecular flexibility index (Phi) is 6.18. The first-order valence-electron chi connectivity index (χ1n) is 8.11. The van der Waals surface area contributed by atoms with Gasteiger partial charge in [-0.1, -0.05) is 18.2 Å². The molecule has 0 saturated carbocycles. The highest BCUT2D eigenvalue weighted by Crippen LogP contribution is 2.24. The molecule has 0 aliphatic carbocycles. The molecule has 0 fully saturated rings. The molecule has 0 unspecified atom stereocenters. The van der Waals surface area contributed by atoms with Crippen molar-refractivity contribution in [1.29, 1.82) is 0 Å². The predicted molar refractivity (Wildman–Crippen MR) is 95.0 cm³/mol. The maximum absolute atomic E-state index is 12.0. The minimum absolute atomic E-state index is 0.0114. The van der Waals surface area contributed by atoms with E-state index in [1.54, 1.807) is 7.11 Å². The Morgan fingerprint density at radius 2 is 1.83 bits per heavy atom. The van der Waals surface area contributed by atoms with Gasteiger partial charge in [-0.05, 0) is 47.9 Å². The summed E-state index contributed by atoms with van der Waals surface area (Å²) in [4.78, 5) is 22.8. The first kappa shape index (κ1) is 17.8. The second kappa shape index (κ2) is 8.34. The van der Waals surface area contributed by atoms with E-state index < -0.39 is 0 Å². The van der Waals surface area contributed by atoms with Gasteiger partial charge in [0.05, 0.1) is 13.2 Å². The Labute approximate surface area is 142 Å². The molecule has 5 heteroatoms. The van der Waals surface area contributed by atoms with E-state index in [1.807, 2.05) is 37.3 Å². The van der Waals surface area contributed by atoms with Crippen LogP contribution in [0.5, 0.6) is 5.75 Å². The lowest BCUT2D eigenvalue weighted by Crippen LogP contribution is -2.28. The molecule has 1 atom stereocenters. The van der Waals surface area contributed by atoms with Crippen LogP contribution in [0.25, 0.3) is 10.8 Å². The molecule has 0 bridgehead atoms. The lowest BCUT2D eigenvalue weighted by Gasteiger charge is -2.15. The van der Waals surface area contributed by atoms with Gasteiger partial charge in [-0.15, -0.1) is 0 Å². The zero-order chi connectivity index (χ0) is 17.5. The third-order valence-corrected chi connectivity index (χ3v) is 3.90. The molecule has 2 aromatic rings. The molecule has 0 aromatic heterocycles. The van der Waals surface area contributed by atoms with E-state index >= 15 is 0 Å². The number of carbonyl (C=O) groups is 2. The van der Waals surface area contributed by atoms with Crippen molar-refractivity contribution in [1.82, 2.24) is 10.6 Å². The minimum Gasteiger partial charge on any atom is -0.497 e. The maximum atomic E-state index is 12.0. The fraction of sp³-hybridized carbons (Fsp3) is 0.368. The van der Waals surface area contributed by atoms with Crippen LogP contribution in [0, 0.1) is 0 Å². The van der Waals surface area contributed by atoms with Crippen molar-refractivity contribution in [3.05, 3.63) is 42.0 Å². The third-order valence-electron chi connectivity index (χ3n) is 3.90. The van der Waals surface area contributed by atoms with Gasteiger partial charge in [0.1, 0.15) is 5.75 Å². The standard InChI is InChI=1S/C19H24N2O3/c1-13(21-19(23)5-4-10-20-14(2)22)15-6-7-17-12-18(24-3)9-8-16(17)11-15/h6-9,11-13H,4-5,10H2,1-3H3,(H,20,22)(H,21,23)/t13-/m0/s1. The number of hydrogen-bond donors (Lipinski definition) is 2. The van der Waals surface area contributed by atoms with E-state index in [9.17, 15) is 9.59 Å². The van der Waals surface area contributed by atoms with Crippen molar-refractivity contribution in [2.24, 2.45) is 0 Å². The Morgan fingerprint density at radius 3 is 2.54 bits per heavy atom. The SMILES string of the molecule is COc1ccc2cc([C@H](C)NC(=O)CCCNC(C)=O)ccc2c1. The van der Waals surface area contributed by atoms with E-state index in [1.165, 1.54) is 6.92 Å². The van der Waals surface area contributed by atoms with Crippen LogP contribution in [-0.4, -0.2) is 25.5 Å². The molecule has 0 radical (unpaired) electrons. The number of nitrogens with one attached hydrogen (secondary N) is 2. The highest BCUT2D eigenvalue weighted by Gasteiger charge is 2.10. The lowest BCUT2D eigenvalue weighted by atomic mass is 10.0. The van der Waals surface area contributed by atoms with Crippen molar-refractivity contribution >= 4 is 22.6 Å². The van der Waals surface area contributed by atoms with Crippen molar-refractivity contribution < 1.29 is 14.3 Å². The summed E-state index contributed by atoms with van der Waals surface area (Å²) in [6, 6.07) is 12.0. The van der Waals surface area contributed by atoms with Crippen LogP contribution >= 0.6 is 0 Å². The van der Waals surface area contributed by atoms with E-state index in [4.69, 9.17) is 4.74 Å². The van der Waals surface area contributed by atoms with Gasteiger partial charge in [0.2, 0.25) is 11.8 Å². The van der Waals surface area contributed by atoms with Gasteiger partial charge in [0.25, 0.3) is 0 Å². The number of benzene rings is 2. The fourth-order valence-electron chi connectivity index (χ4n) is 2.55. The topological polar surface area (TPSA) is 67.4 Å². The largest absolute Gasteiger partial charge is 0.497 e. The van der Waals surface area contributed by atoms with Crippen molar-refractivity contribution in [3.63, 3.8) is 0 Å². The zero-order valence-electron chi connectivity index (χ0n) is 14.4. The summed E-state index contributed by atoms with van der Waals surface area (Å²) in [5.41, 5.74) is 1.06. The molecule has 2 aromatic carbocycles. The van der Waals surface area contributed by atoms with E-state index in [2.05, 4.69) is 16.7 Å². The number of amides is 2. The smallest absolute Gasteiger partial charge is 0.220 e. The maximum Gasteiger partial charge on any atom is 0.220 e. The summed E-state index contributed by atoms with van der Waals surface area (Å²) in [5, 5.41) is 7.90. The summed E-state index contributed by atoms with van der Waals surface area (Å²) in [5.74, 6) is 0.745. The van der Waals surface area contributed by atoms with Gasteiger partial charge in [0.15, 0.2) is 0 Å². The molecule has 128 valence electrons. The number of ether oxygens (including phenoxy) is 1. The Bertz CT molecular complexity index is 728. The van der Waals surface area contributed by atoms with Crippen molar-refractivity contribution in [2.75, 3.05) is 13.7 Å². The second-order valence-corrected chi connectivity index (χ2v) is 5.85. The molecule has 2 amide bonds. The summed E-state index contributed by atoms with van der Waals surface area (Å²) >= 11 is 0. The normalized spacial score (nSPS) is 11.8. The van der Waals surface area contributed by atoms with E-state index in [0.717, 1.165) is 22.1 Å². The summed E-state index contributed by atoms with van der Waals surface area (Å²) in [6.45, 7) is 3.96. The van der Waals surface area contributed by atoms with Crippen LogP contribution < -0.4 is 15.4 Å². The van der Waals surface area contributed by atoms with Crippen LogP contribution in [0.2, 0.25) is 0 Å². The molecule has 0 heterocycles. The Balaban J connectivity index is 1.94. The molecule has 24 heavy (non-hydrogen) atoms. The molecule has 0 saturated heterocycles. The summed E-state index contributed by atoms with van der Waals surface area (Å²) < 4.78 is 5.23. The van der Waals surface area contributed by atoms with Gasteiger partial charge in [-0.25, -0.2) is 0 Å². The number of rotatable bonds is 7.